The van der Waals surface area contributed by atoms with Crippen LogP contribution in [0, 0.1) is 0 Å². The minimum absolute atomic E-state index is 0.00621. The van der Waals surface area contributed by atoms with Gasteiger partial charge in [0, 0.05) is 50.0 Å². The number of carbonyl (C=O) groups is 3. The van der Waals surface area contributed by atoms with Crippen LogP contribution in [0.15, 0.2) is 42.5 Å². The van der Waals surface area contributed by atoms with Crippen LogP contribution < -0.4 is 9.64 Å². The number of aromatic nitrogens is 2. The molecule has 39 heavy (non-hydrogen) atoms. The van der Waals surface area contributed by atoms with Gasteiger partial charge in [-0.25, -0.2) is 4.68 Å². The maximum Gasteiger partial charge on any atom is 0.435 e. The molecule has 0 saturated carbocycles. The molecule has 1 saturated heterocycles. The minimum atomic E-state index is -4.81. The molecule has 0 N–H and O–H groups in total. The fourth-order valence-electron chi connectivity index (χ4n) is 4.72. The van der Waals surface area contributed by atoms with Crippen molar-refractivity contribution in [2.45, 2.75) is 25.6 Å². The van der Waals surface area contributed by atoms with Crippen LogP contribution >= 0.6 is 0 Å². The molecule has 0 bridgehead atoms. The standard InChI is InChI=1S/C27H26F3N5O4/c1-15-14-34(15)25(37)20-13-18(39-4)9-10-21(20)35-22-19(23(31-35)27(28,29)30)11-12-33(26(22)38)17-7-5-16(6-8-17)24(36)32(2)3/h5-10,13,15H,11-12,14H2,1-4H3. The number of hydrogen-bond acceptors (Lipinski definition) is 5. The highest BCUT2D eigenvalue weighted by atomic mass is 19.4. The van der Waals surface area contributed by atoms with Crippen LogP contribution in [-0.2, 0) is 12.6 Å². The number of alkyl halides is 3. The molecule has 0 aliphatic carbocycles. The van der Waals surface area contributed by atoms with E-state index in [-0.39, 0.29) is 47.4 Å². The lowest BCUT2D eigenvalue weighted by atomic mass is 10.0. The molecular formula is C27H26F3N5O4. The van der Waals surface area contributed by atoms with Gasteiger partial charge in [-0.05, 0) is 55.8 Å². The van der Waals surface area contributed by atoms with Gasteiger partial charge in [-0.1, -0.05) is 0 Å². The number of anilines is 1. The molecule has 12 heteroatoms. The van der Waals surface area contributed by atoms with Gasteiger partial charge in [0.15, 0.2) is 5.69 Å². The van der Waals surface area contributed by atoms with Gasteiger partial charge in [0.1, 0.15) is 11.4 Å². The van der Waals surface area contributed by atoms with E-state index in [9.17, 15) is 27.6 Å². The summed E-state index contributed by atoms with van der Waals surface area (Å²) in [5.41, 5.74) is -0.692. The van der Waals surface area contributed by atoms with Crippen LogP contribution in [0.25, 0.3) is 5.69 Å². The number of methoxy groups -OCH3 is 1. The van der Waals surface area contributed by atoms with Gasteiger partial charge in [0.2, 0.25) is 0 Å². The minimum Gasteiger partial charge on any atom is -0.497 e. The Kier molecular flexibility index (Phi) is 6.36. The van der Waals surface area contributed by atoms with Crippen LogP contribution in [0.5, 0.6) is 5.75 Å². The first kappa shape index (κ1) is 26.3. The molecule has 0 spiro atoms. The van der Waals surface area contributed by atoms with Crippen LogP contribution in [0.1, 0.15) is 49.4 Å². The normalized spacial score (nSPS) is 16.7. The number of benzene rings is 2. The molecular weight excluding hydrogens is 515 g/mol. The molecule has 2 aromatic carbocycles. The monoisotopic (exact) mass is 541 g/mol. The zero-order valence-electron chi connectivity index (χ0n) is 21.7. The number of rotatable bonds is 5. The topological polar surface area (TPSA) is 87.8 Å². The Balaban J connectivity index is 1.62. The van der Waals surface area contributed by atoms with Crippen molar-refractivity contribution in [2.24, 2.45) is 0 Å². The fourth-order valence-corrected chi connectivity index (χ4v) is 4.72. The number of halogens is 3. The average molecular weight is 542 g/mol. The van der Waals surface area contributed by atoms with E-state index in [0.717, 1.165) is 4.68 Å². The Labute approximate surface area is 222 Å². The van der Waals surface area contributed by atoms with Crippen molar-refractivity contribution in [1.29, 1.82) is 0 Å². The molecule has 2 aliphatic heterocycles. The van der Waals surface area contributed by atoms with E-state index in [0.29, 0.717) is 23.5 Å². The fraction of sp³-hybridized carbons (Fsp3) is 0.333. The molecule has 1 fully saturated rings. The second-order valence-electron chi connectivity index (χ2n) is 9.73. The lowest BCUT2D eigenvalue weighted by molar-refractivity contribution is -0.141. The lowest BCUT2D eigenvalue weighted by Gasteiger charge is -2.28. The molecule has 5 rings (SSSR count). The predicted molar refractivity (Wildman–Crippen MR) is 135 cm³/mol. The number of amides is 3. The number of fused-ring (bicyclic) bond motifs is 1. The van der Waals surface area contributed by atoms with E-state index < -0.39 is 23.7 Å². The highest BCUT2D eigenvalue weighted by molar-refractivity contribution is 6.08. The molecule has 1 unspecified atom stereocenters. The third-order valence-electron chi connectivity index (χ3n) is 6.90. The molecule has 2 aliphatic rings. The SMILES string of the molecule is COc1ccc(-n2nc(C(F)(F)F)c3c2C(=O)N(c2ccc(C(=O)N(C)C)cc2)CC3)c(C(=O)N2CC2C)c1. The van der Waals surface area contributed by atoms with Gasteiger partial charge in [-0.15, -0.1) is 0 Å². The maximum atomic E-state index is 14.1. The first-order valence-electron chi connectivity index (χ1n) is 12.2. The number of hydrogen-bond donors (Lipinski definition) is 0. The van der Waals surface area contributed by atoms with Crippen LogP contribution in [0.2, 0.25) is 0 Å². The first-order valence-corrected chi connectivity index (χ1v) is 12.2. The number of carbonyl (C=O) groups excluding carboxylic acids is 3. The third-order valence-corrected chi connectivity index (χ3v) is 6.90. The molecule has 1 aromatic heterocycles. The van der Waals surface area contributed by atoms with Crippen molar-refractivity contribution in [2.75, 3.05) is 39.2 Å². The summed E-state index contributed by atoms with van der Waals surface area (Å²) in [6.07, 6.45) is -4.91. The summed E-state index contributed by atoms with van der Waals surface area (Å²) in [6, 6.07) is 10.6. The second kappa shape index (κ2) is 9.44. The predicted octanol–water partition coefficient (Wildman–Crippen LogP) is 3.65. The van der Waals surface area contributed by atoms with E-state index in [1.165, 1.54) is 35.1 Å². The van der Waals surface area contributed by atoms with E-state index >= 15 is 0 Å². The van der Waals surface area contributed by atoms with Crippen molar-refractivity contribution in [3.8, 4) is 11.4 Å². The molecule has 204 valence electrons. The largest absolute Gasteiger partial charge is 0.497 e. The number of nitrogens with zero attached hydrogens (tertiary/aromatic N) is 5. The first-order chi connectivity index (χ1) is 18.4. The molecule has 3 heterocycles. The number of ether oxygens (including phenoxy) is 1. The quantitative estimate of drug-likeness (QED) is 0.461. The smallest absolute Gasteiger partial charge is 0.435 e. The van der Waals surface area contributed by atoms with E-state index in [4.69, 9.17) is 4.74 Å². The zero-order chi connectivity index (χ0) is 28.2. The second-order valence-corrected chi connectivity index (χ2v) is 9.73. The highest BCUT2D eigenvalue weighted by Crippen LogP contribution is 2.38. The Hall–Kier alpha value is -4.35. The summed E-state index contributed by atoms with van der Waals surface area (Å²) in [6.45, 7) is 2.36. The van der Waals surface area contributed by atoms with Crippen molar-refractivity contribution in [3.63, 3.8) is 0 Å². The van der Waals surface area contributed by atoms with Crippen LogP contribution in [0.3, 0.4) is 0 Å². The maximum absolute atomic E-state index is 14.1. The average Bonchev–Trinajstić information content (AvgIpc) is 3.50. The molecule has 0 radical (unpaired) electrons. The van der Waals surface area contributed by atoms with Gasteiger partial charge >= 0.3 is 6.18 Å². The van der Waals surface area contributed by atoms with Crippen molar-refractivity contribution < 1.29 is 32.3 Å². The van der Waals surface area contributed by atoms with Crippen molar-refractivity contribution in [3.05, 3.63) is 70.5 Å². The van der Waals surface area contributed by atoms with Gasteiger partial charge in [0.05, 0.1) is 18.4 Å². The van der Waals surface area contributed by atoms with Gasteiger partial charge in [-0.2, -0.15) is 18.3 Å². The highest BCUT2D eigenvalue weighted by Gasteiger charge is 2.44. The van der Waals surface area contributed by atoms with E-state index in [1.807, 2.05) is 6.92 Å². The van der Waals surface area contributed by atoms with Gasteiger partial charge < -0.3 is 19.4 Å². The zero-order valence-corrected chi connectivity index (χ0v) is 21.7. The summed E-state index contributed by atoms with van der Waals surface area (Å²) in [4.78, 5) is 43.6. The van der Waals surface area contributed by atoms with Crippen molar-refractivity contribution in [1.82, 2.24) is 19.6 Å². The molecule has 9 nitrogen and oxygen atoms in total. The molecule has 3 amide bonds. The van der Waals surface area contributed by atoms with Crippen molar-refractivity contribution >= 4 is 23.4 Å². The van der Waals surface area contributed by atoms with E-state index in [1.54, 1.807) is 43.3 Å². The third kappa shape index (κ3) is 4.59. The summed E-state index contributed by atoms with van der Waals surface area (Å²) >= 11 is 0. The summed E-state index contributed by atoms with van der Waals surface area (Å²) in [5, 5.41) is 3.85. The molecule has 3 aromatic rings. The Morgan fingerprint density at radius 3 is 2.33 bits per heavy atom. The Morgan fingerprint density at radius 1 is 1.10 bits per heavy atom. The molecule has 1 atom stereocenters. The van der Waals surface area contributed by atoms with E-state index in [2.05, 4.69) is 5.10 Å². The van der Waals surface area contributed by atoms with Crippen LogP contribution in [-0.4, -0.2) is 77.6 Å². The van der Waals surface area contributed by atoms with Gasteiger partial charge in [-0.3, -0.25) is 14.4 Å². The van der Waals surface area contributed by atoms with Crippen LogP contribution in [0.4, 0.5) is 18.9 Å². The summed E-state index contributed by atoms with van der Waals surface area (Å²) in [5.74, 6) is -0.969. The van der Waals surface area contributed by atoms with Gasteiger partial charge in [0.25, 0.3) is 17.7 Å². The Morgan fingerprint density at radius 2 is 1.77 bits per heavy atom. The summed E-state index contributed by atoms with van der Waals surface area (Å²) in [7, 11) is 4.65. The lowest BCUT2D eigenvalue weighted by Crippen LogP contribution is -2.39. The summed E-state index contributed by atoms with van der Waals surface area (Å²) < 4.78 is 48.4. The Bertz CT molecular complexity index is 1480.